The Kier molecular flexibility index (Phi) is 4.52. The fourth-order valence-corrected chi connectivity index (χ4v) is 5.30. The van der Waals surface area contributed by atoms with Gasteiger partial charge in [-0.25, -0.2) is 9.97 Å². The largest absolute Gasteiger partial charge is 0.359 e. The molecule has 162 valence electrons. The molecule has 5 heterocycles. The van der Waals surface area contributed by atoms with Crippen LogP contribution in [0, 0.1) is 20.8 Å². The van der Waals surface area contributed by atoms with Crippen molar-refractivity contribution in [3.63, 3.8) is 0 Å². The van der Waals surface area contributed by atoms with E-state index in [-0.39, 0.29) is 0 Å². The molecular formula is C26H22N6S. The van der Waals surface area contributed by atoms with E-state index in [4.69, 9.17) is 0 Å². The first-order valence-electron chi connectivity index (χ1n) is 10.8. The van der Waals surface area contributed by atoms with Crippen molar-refractivity contribution >= 4 is 43.8 Å². The van der Waals surface area contributed by atoms with Gasteiger partial charge in [0.1, 0.15) is 0 Å². The summed E-state index contributed by atoms with van der Waals surface area (Å²) < 4.78 is 3.17. The Bertz CT molecular complexity index is 1600. The molecule has 0 bridgehead atoms. The van der Waals surface area contributed by atoms with E-state index in [0.29, 0.717) is 5.95 Å². The molecule has 6 rings (SSSR count). The lowest BCUT2D eigenvalue weighted by molar-refractivity contribution is 0.873. The van der Waals surface area contributed by atoms with Crippen molar-refractivity contribution in [3.8, 4) is 16.4 Å². The van der Waals surface area contributed by atoms with Gasteiger partial charge < -0.3 is 10.3 Å². The van der Waals surface area contributed by atoms with Crippen LogP contribution < -0.4 is 5.32 Å². The van der Waals surface area contributed by atoms with Crippen molar-refractivity contribution in [2.24, 2.45) is 0 Å². The van der Waals surface area contributed by atoms with Crippen LogP contribution in [0.3, 0.4) is 0 Å². The SMILES string of the molecule is Cc1cc2cc(Nc3ccnc4cc(-c5cnc(-n6c(C)ccc6C)nc5)sc34)ccc2[nH]1. The van der Waals surface area contributed by atoms with Gasteiger partial charge in [-0.2, -0.15) is 0 Å². The minimum absolute atomic E-state index is 0.690. The number of aromatic nitrogens is 5. The average Bonchev–Trinajstić information content (AvgIpc) is 3.50. The van der Waals surface area contributed by atoms with Gasteiger partial charge in [0.05, 0.1) is 15.9 Å². The third-order valence-electron chi connectivity index (χ3n) is 5.84. The fraction of sp³-hybridized carbons (Fsp3) is 0.115. The van der Waals surface area contributed by atoms with Crippen LogP contribution in [0.5, 0.6) is 0 Å². The van der Waals surface area contributed by atoms with E-state index in [2.05, 4.69) is 93.1 Å². The molecule has 7 heteroatoms. The van der Waals surface area contributed by atoms with E-state index in [9.17, 15) is 0 Å². The van der Waals surface area contributed by atoms with Crippen LogP contribution in [0.1, 0.15) is 17.1 Å². The summed E-state index contributed by atoms with van der Waals surface area (Å²) in [4.78, 5) is 18.3. The lowest BCUT2D eigenvalue weighted by Crippen LogP contribution is -2.03. The van der Waals surface area contributed by atoms with Crippen molar-refractivity contribution in [3.05, 3.63) is 84.2 Å². The van der Waals surface area contributed by atoms with Crippen LogP contribution in [-0.4, -0.2) is 24.5 Å². The van der Waals surface area contributed by atoms with E-state index in [1.165, 1.54) is 5.39 Å². The Morgan fingerprint density at radius 3 is 2.45 bits per heavy atom. The number of fused-ring (bicyclic) bond motifs is 2. The Morgan fingerprint density at radius 1 is 0.879 bits per heavy atom. The molecule has 0 amide bonds. The normalized spacial score (nSPS) is 11.5. The molecule has 6 nitrogen and oxygen atoms in total. The molecule has 0 fully saturated rings. The van der Waals surface area contributed by atoms with Gasteiger partial charge in [-0.3, -0.25) is 9.55 Å². The van der Waals surface area contributed by atoms with E-state index < -0.39 is 0 Å². The quantitative estimate of drug-likeness (QED) is 0.314. The molecular weight excluding hydrogens is 428 g/mol. The number of rotatable bonds is 4. The minimum Gasteiger partial charge on any atom is -0.359 e. The first-order chi connectivity index (χ1) is 16.0. The first kappa shape index (κ1) is 19.7. The molecule has 0 saturated carbocycles. The van der Waals surface area contributed by atoms with Gasteiger partial charge in [0, 0.05) is 62.7 Å². The monoisotopic (exact) mass is 450 g/mol. The van der Waals surface area contributed by atoms with Crippen molar-refractivity contribution < 1.29 is 0 Å². The van der Waals surface area contributed by atoms with Crippen molar-refractivity contribution in [1.82, 2.24) is 24.5 Å². The summed E-state index contributed by atoms with van der Waals surface area (Å²) in [5, 5.41) is 4.77. The van der Waals surface area contributed by atoms with Crippen LogP contribution in [0.2, 0.25) is 0 Å². The van der Waals surface area contributed by atoms with Gasteiger partial charge >= 0.3 is 0 Å². The van der Waals surface area contributed by atoms with Gasteiger partial charge in [-0.15, -0.1) is 11.3 Å². The summed E-state index contributed by atoms with van der Waals surface area (Å²) in [5.74, 6) is 0.690. The molecule has 0 aliphatic carbocycles. The highest BCUT2D eigenvalue weighted by molar-refractivity contribution is 7.22. The zero-order valence-corrected chi connectivity index (χ0v) is 19.4. The minimum atomic E-state index is 0.690. The second-order valence-corrected chi connectivity index (χ2v) is 9.34. The second-order valence-electron chi connectivity index (χ2n) is 8.29. The summed E-state index contributed by atoms with van der Waals surface area (Å²) in [6.07, 6.45) is 5.62. The summed E-state index contributed by atoms with van der Waals surface area (Å²) in [5.41, 5.74) is 8.58. The summed E-state index contributed by atoms with van der Waals surface area (Å²) in [6, 6.07) is 16.8. The molecule has 0 aliphatic rings. The number of benzene rings is 1. The standard InChI is InChI=1S/C26H22N6S/c1-15-10-18-11-20(6-7-21(18)30-15)31-22-8-9-27-23-12-24(33-25(22)23)19-13-28-26(29-14-19)32-16(2)4-5-17(32)3/h4-14,30H,1-3H3,(H,27,31). The summed E-state index contributed by atoms with van der Waals surface area (Å²) >= 11 is 1.70. The van der Waals surface area contributed by atoms with Gasteiger partial charge in [0.2, 0.25) is 5.95 Å². The third-order valence-corrected chi connectivity index (χ3v) is 7.05. The number of thiophene rings is 1. The maximum atomic E-state index is 4.63. The summed E-state index contributed by atoms with van der Waals surface area (Å²) in [7, 11) is 0. The van der Waals surface area contributed by atoms with Crippen molar-refractivity contribution in [2.45, 2.75) is 20.8 Å². The molecule has 6 aromatic rings. The highest BCUT2D eigenvalue weighted by Gasteiger charge is 2.12. The number of H-pyrrole nitrogens is 1. The topological polar surface area (TPSA) is 71.4 Å². The number of hydrogen-bond acceptors (Lipinski definition) is 5. The van der Waals surface area contributed by atoms with Crippen LogP contribution >= 0.6 is 11.3 Å². The van der Waals surface area contributed by atoms with E-state index in [1.54, 1.807) is 11.3 Å². The number of aryl methyl sites for hydroxylation is 3. The van der Waals surface area contributed by atoms with E-state index in [1.807, 2.05) is 24.7 Å². The van der Waals surface area contributed by atoms with Crippen LogP contribution in [-0.2, 0) is 0 Å². The van der Waals surface area contributed by atoms with Crippen LogP contribution in [0.25, 0.3) is 37.5 Å². The molecule has 0 aliphatic heterocycles. The Balaban J connectivity index is 1.34. The third kappa shape index (κ3) is 3.47. The van der Waals surface area contributed by atoms with Crippen LogP contribution in [0.4, 0.5) is 11.4 Å². The number of nitrogens with zero attached hydrogens (tertiary/aromatic N) is 4. The zero-order chi connectivity index (χ0) is 22.5. The molecule has 0 spiro atoms. The maximum absolute atomic E-state index is 4.63. The number of aromatic amines is 1. The highest BCUT2D eigenvalue weighted by Crippen LogP contribution is 2.37. The molecule has 5 aromatic heterocycles. The van der Waals surface area contributed by atoms with Gasteiger partial charge in [-0.1, -0.05) is 0 Å². The molecule has 33 heavy (non-hydrogen) atoms. The number of nitrogens with one attached hydrogen (secondary N) is 2. The maximum Gasteiger partial charge on any atom is 0.234 e. The predicted molar refractivity (Wildman–Crippen MR) is 136 cm³/mol. The lowest BCUT2D eigenvalue weighted by atomic mass is 10.2. The second kappa shape index (κ2) is 7.56. The van der Waals surface area contributed by atoms with Crippen molar-refractivity contribution in [2.75, 3.05) is 5.32 Å². The summed E-state index contributed by atoms with van der Waals surface area (Å²) in [6.45, 7) is 6.20. The molecule has 0 radical (unpaired) electrons. The van der Waals surface area contributed by atoms with E-state index >= 15 is 0 Å². The fourth-order valence-electron chi connectivity index (χ4n) is 4.24. The predicted octanol–water partition coefficient (Wildman–Crippen LogP) is 6.69. The number of pyridine rings is 1. The van der Waals surface area contributed by atoms with Gasteiger partial charge in [0.25, 0.3) is 0 Å². The Morgan fingerprint density at radius 2 is 1.67 bits per heavy atom. The van der Waals surface area contributed by atoms with Crippen molar-refractivity contribution in [1.29, 1.82) is 0 Å². The first-order valence-corrected chi connectivity index (χ1v) is 11.6. The Hall–Kier alpha value is -3.97. The number of anilines is 2. The smallest absolute Gasteiger partial charge is 0.234 e. The zero-order valence-electron chi connectivity index (χ0n) is 18.5. The highest BCUT2D eigenvalue weighted by atomic mass is 32.1. The molecule has 0 unspecified atom stereocenters. The molecule has 0 saturated heterocycles. The van der Waals surface area contributed by atoms with E-state index in [0.717, 1.165) is 54.6 Å². The molecule has 0 atom stereocenters. The van der Waals surface area contributed by atoms with Gasteiger partial charge in [-0.05, 0) is 69.3 Å². The molecule has 2 N–H and O–H groups in total. The lowest BCUT2D eigenvalue weighted by Gasteiger charge is -2.07. The number of hydrogen-bond donors (Lipinski definition) is 2. The Labute approximate surface area is 195 Å². The molecule has 1 aromatic carbocycles. The van der Waals surface area contributed by atoms with Crippen LogP contribution in [0.15, 0.2) is 67.1 Å². The average molecular weight is 451 g/mol. The van der Waals surface area contributed by atoms with Gasteiger partial charge in [0.15, 0.2) is 0 Å².